The molecule has 0 saturated heterocycles. The Morgan fingerprint density at radius 2 is 2.11 bits per heavy atom. The highest BCUT2D eigenvalue weighted by Crippen LogP contribution is 2.36. The van der Waals surface area contributed by atoms with Gasteiger partial charge in [0.05, 0.1) is 5.54 Å². The summed E-state index contributed by atoms with van der Waals surface area (Å²) < 4.78 is 0. The Kier molecular flexibility index (Phi) is 5.02. The first-order valence-corrected chi connectivity index (χ1v) is 7.45. The molecule has 2 atom stereocenters. The van der Waals surface area contributed by atoms with Crippen LogP contribution in [0.15, 0.2) is 0 Å². The molecule has 19 heavy (non-hydrogen) atoms. The summed E-state index contributed by atoms with van der Waals surface area (Å²) in [6, 6.07) is 0.699. The molecule has 0 aromatic heterocycles. The number of nitrogens with two attached hydrogens (primary N) is 1. The van der Waals surface area contributed by atoms with E-state index in [4.69, 9.17) is 5.73 Å². The van der Waals surface area contributed by atoms with Crippen molar-refractivity contribution in [2.75, 3.05) is 7.05 Å². The first-order valence-electron chi connectivity index (χ1n) is 7.45. The number of amides is 1. The smallest absolute Gasteiger partial charge is 0.237 e. The molecule has 4 heteroatoms. The van der Waals surface area contributed by atoms with E-state index in [2.05, 4.69) is 51.9 Å². The minimum absolute atomic E-state index is 0.163. The van der Waals surface area contributed by atoms with Crippen LogP contribution in [0.5, 0.6) is 0 Å². The van der Waals surface area contributed by atoms with Gasteiger partial charge in [0.25, 0.3) is 0 Å². The fourth-order valence-electron chi connectivity index (χ4n) is 3.07. The van der Waals surface area contributed by atoms with Crippen molar-refractivity contribution in [1.82, 2.24) is 10.2 Å². The van der Waals surface area contributed by atoms with Gasteiger partial charge in [-0.05, 0) is 60.4 Å². The summed E-state index contributed by atoms with van der Waals surface area (Å²) in [5, 5.41) is 3.41. The maximum absolute atomic E-state index is 11.9. The zero-order valence-electron chi connectivity index (χ0n) is 13.4. The van der Waals surface area contributed by atoms with Crippen LogP contribution in [0, 0.1) is 0 Å². The molecule has 0 heterocycles. The van der Waals surface area contributed by atoms with Gasteiger partial charge in [-0.1, -0.05) is 6.92 Å². The second kappa shape index (κ2) is 5.80. The van der Waals surface area contributed by atoms with Crippen molar-refractivity contribution in [3.63, 3.8) is 0 Å². The van der Waals surface area contributed by atoms with Gasteiger partial charge in [0, 0.05) is 17.6 Å². The van der Waals surface area contributed by atoms with E-state index in [9.17, 15) is 4.79 Å². The van der Waals surface area contributed by atoms with E-state index in [0.717, 1.165) is 25.7 Å². The van der Waals surface area contributed by atoms with Gasteiger partial charge in [-0.15, -0.1) is 0 Å². The van der Waals surface area contributed by atoms with Crippen molar-refractivity contribution in [2.45, 2.75) is 83.5 Å². The van der Waals surface area contributed by atoms with Gasteiger partial charge in [0.15, 0.2) is 0 Å². The molecule has 2 unspecified atom stereocenters. The maximum atomic E-state index is 11.9. The lowest BCUT2D eigenvalue weighted by atomic mass is 9.93. The number of carbonyl (C=O) groups excluding carboxylic acids is 1. The standard InChI is InChI=1S/C15H31N3O/c1-7-14(4,5)18(6)12-8-9-15(10-12,13(16)19)17-11(2)3/h11-12,17H,7-10H2,1-6H3,(H2,16,19). The highest BCUT2D eigenvalue weighted by molar-refractivity contribution is 5.85. The van der Waals surface area contributed by atoms with Gasteiger partial charge in [-0.3, -0.25) is 9.69 Å². The highest BCUT2D eigenvalue weighted by atomic mass is 16.1. The van der Waals surface area contributed by atoms with Gasteiger partial charge >= 0.3 is 0 Å². The second-order valence-electron chi connectivity index (χ2n) is 6.92. The van der Waals surface area contributed by atoms with Crippen molar-refractivity contribution in [3.8, 4) is 0 Å². The van der Waals surface area contributed by atoms with Crippen molar-refractivity contribution >= 4 is 5.91 Å². The van der Waals surface area contributed by atoms with E-state index in [-0.39, 0.29) is 17.5 Å². The zero-order chi connectivity index (χ0) is 14.8. The third kappa shape index (κ3) is 3.48. The molecule has 1 rings (SSSR count). The summed E-state index contributed by atoms with van der Waals surface area (Å²) in [6.07, 6.45) is 3.79. The Bertz CT molecular complexity index is 327. The largest absolute Gasteiger partial charge is 0.368 e. The van der Waals surface area contributed by atoms with E-state index >= 15 is 0 Å². The van der Waals surface area contributed by atoms with Crippen molar-refractivity contribution in [1.29, 1.82) is 0 Å². The number of rotatable bonds is 6. The van der Waals surface area contributed by atoms with Gasteiger partial charge in [-0.2, -0.15) is 0 Å². The number of nitrogens with zero attached hydrogens (tertiary/aromatic N) is 1. The number of primary amides is 1. The summed E-state index contributed by atoms with van der Waals surface area (Å²) in [5.41, 5.74) is 5.31. The normalized spacial score (nSPS) is 28.3. The second-order valence-corrected chi connectivity index (χ2v) is 6.92. The highest BCUT2D eigenvalue weighted by Gasteiger charge is 2.46. The van der Waals surface area contributed by atoms with Crippen LogP contribution < -0.4 is 11.1 Å². The Morgan fingerprint density at radius 1 is 1.53 bits per heavy atom. The molecule has 0 bridgehead atoms. The number of hydrogen-bond donors (Lipinski definition) is 2. The Labute approximate surface area is 118 Å². The van der Waals surface area contributed by atoms with Crippen LogP contribution in [-0.4, -0.2) is 41.0 Å². The van der Waals surface area contributed by atoms with Gasteiger partial charge in [0.1, 0.15) is 0 Å². The van der Waals surface area contributed by atoms with Crippen molar-refractivity contribution in [2.24, 2.45) is 5.73 Å². The van der Waals surface area contributed by atoms with Gasteiger partial charge < -0.3 is 11.1 Å². The first kappa shape index (κ1) is 16.4. The number of hydrogen-bond acceptors (Lipinski definition) is 3. The molecule has 0 aromatic rings. The quantitative estimate of drug-likeness (QED) is 0.774. The van der Waals surface area contributed by atoms with Crippen LogP contribution >= 0.6 is 0 Å². The van der Waals surface area contributed by atoms with Crippen molar-refractivity contribution in [3.05, 3.63) is 0 Å². The first-order chi connectivity index (χ1) is 8.64. The molecule has 0 aromatic carbocycles. The fraction of sp³-hybridized carbons (Fsp3) is 0.933. The monoisotopic (exact) mass is 269 g/mol. The van der Waals surface area contributed by atoms with E-state index in [1.165, 1.54) is 0 Å². The molecular formula is C15H31N3O. The Hall–Kier alpha value is -0.610. The van der Waals surface area contributed by atoms with E-state index < -0.39 is 5.54 Å². The Morgan fingerprint density at radius 3 is 2.53 bits per heavy atom. The zero-order valence-corrected chi connectivity index (χ0v) is 13.4. The van der Waals surface area contributed by atoms with Crippen LogP contribution in [0.3, 0.4) is 0 Å². The summed E-state index contributed by atoms with van der Waals surface area (Å²) in [7, 11) is 2.17. The average Bonchev–Trinajstić information content (AvgIpc) is 2.72. The van der Waals surface area contributed by atoms with Gasteiger partial charge in [0.2, 0.25) is 5.91 Å². The number of carbonyl (C=O) groups is 1. The summed E-state index contributed by atoms with van der Waals surface area (Å²) in [5.74, 6) is -0.202. The van der Waals surface area contributed by atoms with E-state index in [1.807, 2.05) is 0 Å². The average molecular weight is 269 g/mol. The molecule has 1 saturated carbocycles. The van der Waals surface area contributed by atoms with Crippen molar-refractivity contribution < 1.29 is 4.79 Å². The molecule has 112 valence electrons. The molecule has 3 N–H and O–H groups in total. The maximum Gasteiger partial charge on any atom is 0.237 e. The molecule has 1 amide bonds. The lowest BCUT2D eigenvalue weighted by Crippen LogP contribution is -2.57. The molecular weight excluding hydrogens is 238 g/mol. The lowest BCUT2D eigenvalue weighted by molar-refractivity contribution is -0.124. The third-order valence-electron chi connectivity index (χ3n) is 4.89. The van der Waals surface area contributed by atoms with Crippen LogP contribution in [0.25, 0.3) is 0 Å². The summed E-state index contributed by atoms with van der Waals surface area (Å²) in [6.45, 7) is 10.9. The summed E-state index contributed by atoms with van der Waals surface area (Å²) in [4.78, 5) is 14.3. The van der Waals surface area contributed by atoms with Crippen LogP contribution in [0.4, 0.5) is 0 Å². The van der Waals surface area contributed by atoms with Crippen LogP contribution in [0.2, 0.25) is 0 Å². The van der Waals surface area contributed by atoms with E-state index in [0.29, 0.717) is 6.04 Å². The SMILES string of the molecule is CCC(C)(C)N(C)C1CCC(NC(C)C)(C(N)=O)C1. The molecule has 0 radical (unpaired) electrons. The molecule has 1 aliphatic rings. The fourth-order valence-corrected chi connectivity index (χ4v) is 3.07. The minimum Gasteiger partial charge on any atom is -0.368 e. The number of nitrogens with one attached hydrogen (secondary N) is 1. The summed E-state index contributed by atoms with van der Waals surface area (Å²) >= 11 is 0. The third-order valence-corrected chi connectivity index (χ3v) is 4.89. The molecule has 4 nitrogen and oxygen atoms in total. The minimum atomic E-state index is -0.517. The predicted octanol–water partition coefficient (Wildman–Crippen LogP) is 1.88. The van der Waals surface area contributed by atoms with Gasteiger partial charge in [-0.25, -0.2) is 0 Å². The molecule has 1 fully saturated rings. The van der Waals surface area contributed by atoms with Crippen LogP contribution in [-0.2, 0) is 4.79 Å². The molecule has 0 aliphatic heterocycles. The Balaban J connectivity index is 2.82. The molecule has 0 spiro atoms. The predicted molar refractivity (Wildman–Crippen MR) is 80.0 cm³/mol. The van der Waals surface area contributed by atoms with Crippen LogP contribution in [0.1, 0.15) is 60.3 Å². The molecule has 1 aliphatic carbocycles. The topological polar surface area (TPSA) is 58.4 Å². The lowest BCUT2D eigenvalue weighted by Gasteiger charge is -2.40. The van der Waals surface area contributed by atoms with E-state index in [1.54, 1.807) is 0 Å².